The molecule has 1 amide bonds. The molecular weight excluding hydrogens is 276 g/mol. The number of carbonyl (C=O) groups is 1. The van der Waals surface area contributed by atoms with Gasteiger partial charge in [0, 0.05) is 23.7 Å². The highest BCUT2D eigenvalue weighted by Crippen LogP contribution is 2.48. The lowest BCUT2D eigenvalue weighted by atomic mass is 9.79. The van der Waals surface area contributed by atoms with Crippen molar-refractivity contribution in [2.45, 2.75) is 24.1 Å². The molecule has 0 radical (unpaired) electrons. The summed E-state index contributed by atoms with van der Waals surface area (Å²) in [5, 5.41) is 0. The average Bonchev–Trinajstić information content (AvgIpc) is 3.07. The number of nitrogens with two attached hydrogens (primary N) is 1. The van der Waals surface area contributed by atoms with Crippen molar-refractivity contribution in [2.24, 2.45) is 5.73 Å². The molecule has 2 aromatic carbocycles. The highest BCUT2D eigenvalue weighted by molar-refractivity contribution is 5.74. The molecule has 0 aliphatic carbocycles. The molecule has 0 unspecified atom stereocenters. The number of hydrogen-bond acceptors (Lipinski definition) is 3. The lowest BCUT2D eigenvalue weighted by molar-refractivity contribution is 0.0662. The average molecular weight is 294 g/mol. The van der Waals surface area contributed by atoms with Crippen LogP contribution in [0.1, 0.15) is 17.5 Å². The maximum atomic E-state index is 12.4. The van der Waals surface area contributed by atoms with E-state index in [0.29, 0.717) is 6.54 Å². The minimum atomic E-state index is -0.770. The van der Waals surface area contributed by atoms with E-state index in [4.69, 9.17) is 10.5 Å². The first-order valence-corrected chi connectivity index (χ1v) is 7.58. The first-order valence-electron chi connectivity index (χ1n) is 7.58. The Balaban J connectivity index is 1.93. The van der Waals surface area contributed by atoms with Crippen LogP contribution in [0.15, 0.2) is 60.7 Å². The number of benzene rings is 2. The van der Waals surface area contributed by atoms with Crippen molar-refractivity contribution in [1.29, 1.82) is 0 Å². The van der Waals surface area contributed by atoms with Crippen LogP contribution < -0.4 is 5.73 Å². The third kappa shape index (κ3) is 1.77. The zero-order valence-corrected chi connectivity index (χ0v) is 12.2. The molecular formula is C18H18N2O2. The number of nitrogens with zero attached hydrogens (tertiary/aromatic N) is 1. The summed E-state index contributed by atoms with van der Waals surface area (Å²) in [6.07, 6.45) is 0.473. The van der Waals surface area contributed by atoms with Gasteiger partial charge in [0.15, 0.2) is 5.60 Å². The molecule has 2 saturated heterocycles. The standard InChI is InChI=1S/C18H18N2O2/c19-15-11-16-18(13-7-3-1-4-8-13,14-9-5-2-6-10-14)22-17(21)20(16)12-15/h1-10,15-16H,11-12,19H2/t15-,16+/m1/s1. The van der Waals surface area contributed by atoms with E-state index >= 15 is 0 Å². The number of ether oxygens (including phenoxy) is 1. The van der Waals surface area contributed by atoms with Crippen LogP contribution in [0.2, 0.25) is 0 Å². The Kier molecular flexibility index (Phi) is 2.94. The molecule has 2 heterocycles. The van der Waals surface area contributed by atoms with Crippen LogP contribution in [-0.4, -0.2) is 29.6 Å². The molecule has 2 aliphatic heterocycles. The van der Waals surface area contributed by atoms with Crippen molar-refractivity contribution in [3.63, 3.8) is 0 Å². The monoisotopic (exact) mass is 294 g/mol. The summed E-state index contributed by atoms with van der Waals surface area (Å²) >= 11 is 0. The molecule has 2 aliphatic rings. The second kappa shape index (κ2) is 4.85. The maximum absolute atomic E-state index is 12.4. The molecule has 0 saturated carbocycles. The summed E-state index contributed by atoms with van der Waals surface area (Å²) in [5.74, 6) is 0. The molecule has 4 rings (SSSR count). The van der Waals surface area contributed by atoms with Crippen molar-refractivity contribution >= 4 is 6.09 Å². The molecule has 4 heteroatoms. The van der Waals surface area contributed by atoms with Crippen LogP contribution in [0.5, 0.6) is 0 Å². The topological polar surface area (TPSA) is 55.6 Å². The van der Waals surface area contributed by atoms with Crippen molar-refractivity contribution in [3.05, 3.63) is 71.8 Å². The number of cyclic esters (lactones) is 1. The summed E-state index contributed by atoms with van der Waals surface area (Å²) < 4.78 is 5.97. The fourth-order valence-electron chi connectivity index (χ4n) is 3.76. The Morgan fingerprint density at radius 3 is 2.09 bits per heavy atom. The minimum absolute atomic E-state index is 0.00431. The Morgan fingerprint density at radius 2 is 1.55 bits per heavy atom. The maximum Gasteiger partial charge on any atom is 0.411 e. The number of amides is 1. The quantitative estimate of drug-likeness (QED) is 0.925. The van der Waals surface area contributed by atoms with Crippen LogP contribution >= 0.6 is 0 Å². The van der Waals surface area contributed by atoms with Gasteiger partial charge in [-0.3, -0.25) is 4.90 Å². The second-order valence-corrected chi connectivity index (χ2v) is 6.00. The largest absolute Gasteiger partial charge is 0.431 e. The van der Waals surface area contributed by atoms with Crippen molar-refractivity contribution in [2.75, 3.05) is 6.54 Å². The molecule has 2 N–H and O–H groups in total. The molecule has 2 atom stereocenters. The molecule has 4 nitrogen and oxygen atoms in total. The third-order valence-electron chi connectivity index (χ3n) is 4.69. The van der Waals surface area contributed by atoms with Gasteiger partial charge >= 0.3 is 6.09 Å². The molecule has 0 spiro atoms. The van der Waals surface area contributed by atoms with Gasteiger partial charge in [-0.05, 0) is 6.42 Å². The van der Waals surface area contributed by atoms with Crippen LogP contribution in [0, 0.1) is 0 Å². The van der Waals surface area contributed by atoms with E-state index in [2.05, 4.69) is 0 Å². The van der Waals surface area contributed by atoms with Crippen LogP contribution in [0.3, 0.4) is 0 Å². The number of carbonyl (C=O) groups excluding carboxylic acids is 1. The first-order chi connectivity index (χ1) is 10.7. The van der Waals surface area contributed by atoms with Gasteiger partial charge in [-0.1, -0.05) is 60.7 Å². The number of fused-ring (bicyclic) bond motifs is 1. The van der Waals surface area contributed by atoms with Gasteiger partial charge in [0.05, 0.1) is 6.04 Å². The van der Waals surface area contributed by atoms with E-state index in [-0.39, 0.29) is 18.2 Å². The van der Waals surface area contributed by atoms with E-state index < -0.39 is 5.60 Å². The number of rotatable bonds is 2. The van der Waals surface area contributed by atoms with E-state index in [1.165, 1.54) is 0 Å². The molecule has 22 heavy (non-hydrogen) atoms. The Morgan fingerprint density at radius 1 is 1.00 bits per heavy atom. The summed E-state index contributed by atoms with van der Waals surface area (Å²) in [5.41, 5.74) is 7.34. The normalized spacial score (nSPS) is 25.9. The summed E-state index contributed by atoms with van der Waals surface area (Å²) in [6, 6.07) is 19.9. The Bertz CT molecular complexity index is 647. The zero-order chi connectivity index (χ0) is 15.2. The molecule has 0 aromatic heterocycles. The Hall–Kier alpha value is -2.33. The lowest BCUT2D eigenvalue weighted by Crippen LogP contribution is -2.41. The Labute approximate surface area is 129 Å². The summed E-state index contributed by atoms with van der Waals surface area (Å²) in [6.45, 7) is 0.560. The fraction of sp³-hybridized carbons (Fsp3) is 0.278. The number of hydrogen-bond donors (Lipinski definition) is 1. The molecule has 2 fully saturated rings. The molecule has 112 valence electrons. The minimum Gasteiger partial charge on any atom is -0.431 e. The van der Waals surface area contributed by atoms with Gasteiger partial charge < -0.3 is 10.5 Å². The molecule has 0 bridgehead atoms. The van der Waals surface area contributed by atoms with Crippen molar-refractivity contribution in [1.82, 2.24) is 4.90 Å². The zero-order valence-electron chi connectivity index (χ0n) is 12.2. The van der Waals surface area contributed by atoms with Gasteiger partial charge in [-0.15, -0.1) is 0 Å². The van der Waals surface area contributed by atoms with Crippen LogP contribution in [0.25, 0.3) is 0 Å². The second-order valence-electron chi connectivity index (χ2n) is 6.00. The van der Waals surface area contributed by atoms with Gasteiger partial charge in [0.25, 0.3) is 0 Å². The van der Waals surface area contributed by atoms with Crippen molar-refractivity contribution < 1.29 is 9.53 Å². The first kappa shape index (κ1) is 13.3. The summed E-state index contributed by atoms with van der Waals surface area (Å²) in [7, 11) is 0. The predicted molar refractivity (Wildman–Crippen MR) is 83.2 cm³/mol. The highest BCUT2D eigenvalue weighted by atomic mass is 16.6. The van der Waals surface area contributed by atoms with Crippen molar-refractivity contribution in [3.8, 4) is 0 Å². The third-order valence-corrected chi connectivity index (χ3v) is 4.69. The van der Waals surface area contributed by atoms with Gasteiger partial charge in [0.1, 0.15) is 0 Å². The van der Waals surface area contributed by atoms with E-state index in [1.54, 1.807) is 4.90 Å². The predicted octanol–water partition coefficient (Wildman–Crippen LogP) is 2.48. The lowest BCUT2D eigenvalue weighted by Gasteiger charge is -2.33. The summed E-state index contributed by atoms with van der Waals surface area (Å²) in [4.78, 5) is 14.2. The van der Waals surface area contributed by atoms with Crippen LogP contribution in [-0.2, 0) is 10.3 Å². The fourth-order valence-corrected chi connectivity index (χ4v) is 3.76. The molecule has 2 aromatic rings. The van der Waals surface area contributed by atoms with Crippen LogP contribution in [0.4, 0.5) is 4.79 Å². The van der Waals surface area contributed by atoms with Gasteiger partial charge in [0.2, 0.25) is 0 Å². The smallest absolute Gasteiger partial charge is 0.411 e. The SMILES string of the molecule is N[C@@H]1C[C@@H]2N(C1)C(=O)OC2(c1ccccc1)c1ccccc1. The van der Waals surface area contributed by atoms with Gasteiger partial charge in [-0.25, -0.2) is 4.79 Å². The van der Waals surface area contributed by atoms with Gasteiger partial charge in [-0.2, -0.15) is 0 Å². The van der Waals surface area contributed by atoms with E-state index in [1.807, 2.05) is 60.7 Å². The van der Waals surface area contributed by atoms with E-state index in [0.717, 1.165) is 17.5 Å². The van der Waals surface area contributed by atoms with E-state index in [9.17, 15) is 4.79 Å². The highest BCUT2D eigenvalue weighted by Gasteiger charge is 2.59.